The Hall–Kier alpha value is -3.66. The smallest absolute Gasteiger partial charge is 0.308 e. The highest BCUT2D eigenvalue weighted by Crippen LogP contribution is 2.28. The summed E-state index contributed by atoms with van der Waals surface area (Å²) in [4.78, 5) is 24.4. The molecule has 0 saturated carbocycles. The molecule has 0 fully saturated rings. The van der Waals surface area contributed by atoms with Gasteiger partial charge in [-0.3, -0.25) is 9.59 Å². The fourth-order valence-corrected chi connectivity index (χ4v) is 3.34. The van der Waals surface area contributed by atoms with Gasteiger partial charge in [0.05, 0.1) is 5.52 Å². The van der Waals surface area contributed by atoms with Crippen molar-refractivity contribution in [3.8, 4) is 5.75 Å². The molecule has 0 saturated heterocycles. The Balaban J connectivity index is 1.83. The minimum atomic E-state index is -0.374. The fourth-order valence-electron chi connectivity index (χ4n) is 3.34. The van der Waals surface area contributed by atoms with Crippen molar-refractivity contribution in [2.75, 3.05) is 0 Å². The first-order chi connectivity index (χ1) is 13.6. The highest BCUT2D eigenvalue weighted by Gasteiger charge is 2.17. The second-order valence-electron chi connectivity index (χ2n) is 6.62. The maximum atomic E-state index is 13.1. The lowest BCUT2D eigenvalue weighted by atomic mass is 10.0. The molecule has 0 radical (unpaired) electrons. The van der Waals surface area contributed by atoms with Crippen molar-refractivity contribution >= 4 is 22.7 Å². The predicted octanol–water partition coefficient (Wildman–Crippen LogP) is 4.85. The molecule has 0 atom stereocenters. The Morgan fingerprint density at radius 2 is 1.57 bits per heavy atom. The molecule has 4 rings (SSSR count). The van der Waals surface area contributed by atoms with Crippen molar-refractivity contribution in [1.29, 1.82) is 0 Å². The number of ether oxygens (including phenoxy) is 1. The third kappa shape index (κ3) is 3.58. The summed E-state index contributed by atoms with van der Waals surface area (Å²) in [5.74, 6) is 0.0601. The summed E-state index contributed by atoms with van der Waals surface area (Å²) in [6.45, 7) is 1.99. The zero-order valence-corrected chi connectivity index (χ0v) is 15.5. The van der Waals surface area contributed by atoms with Gasteiger partial charge in [-0.1, -0.05) is 60.7 Å². The number of nitrogens with zero attached hydrogens (tertiary/aromatic N) is 1. The molecule has 4 heteroatoms. The Bertz CT molecular complexity index is 1140. The number of fused-ring (bicyclic) bond motifs is 1. The summed E-state index contributed by atoms with van der Waals surface area (Å²) < 4.78 is 7.27. The maximum Gasteiger partial charge on any atom is 0.308 e. The molecule has 28 heavy (non-hydrogen) atoms. The van der Waals surface area contributed by atoms with Crippen molar-refractivity contribution in [3.05, 3.63) is 102 Å². The van der Waals surface area contributed by atoms with E-state index in [0.29, 0.717) is 23.4 Å². The van der Waals surface area contributed by atoms with Crippen LogP contribution in [0.4, 0.5) is 0 Å². The van der Waals surface area contributed by atoms with Crippen LogP contribution in [-0.4, -0.2) is 16.3 Å². The second kappa shape index (κ2) is 7.53. The standard InChI is InChI=1S/C24H19NO3/c1-17(26)28-20-12-13-21-22(24(27)19-10-6-3-7-11-19)16-25(23(21)14-20)15-18-8-4-2-5-9-18/h2-14,16H,15H2,1H3. The van der Waals surface area contributed by atoms with Gasteiger partial charge >= 0.3 is 5.97 Å². The number of ketones is 1. The van der Waals surface area contributed by atoms with Gasteiger partial charge < -0.3 is 9.30 Å². The van der Waals surface area contributed by atoms with Crippen LogP contribution >= 0.6 is 0 Å². The van der Waals surface area contributed by atoms with Gasteiger partial charge in [0.2, 0.25) is 0 Å². The van der Waals surface area contributed by atoms with Crippen LogP contribution in [0.1, 0.15) is 28.4 Å². The van der Waals surface area contributed by atoms with Gasteiger partial charge in [0, 0.05) is 42.2 Å². The monoisotopic (exact) mass is 369 g/mol. The van der Waals surface area contributed by atoms with Crippen LogP contribution in [0.25, 0.3) is 10.9 Å². The number of esters is 1. The zero-order valence-electron chi connectivity index (χ0n) is 15.5. The van der Waals surface area contributed by atoms with Crippen molar-refractivity contribution in [3.63, 3.8) is 0 Å². The number of rotatable bonds is 5. The summed E-state index contributed by atoms with van der Waals surface area (Å²) >= 11 is 0. The summed E-state index contributed by atoms with van der Waals surface area (Å²) in [5.41, 5.74) is 3.25. The molecule has 0 amide bonds. The van der Waals surface area contributed by atoms with Crippen molar-refractivity contribution in [2.24, 2.45) is 0 Å². The predicted molar refractivity (Wildman–Crippen MR) is 109 cm³/mol. The Morgan fingerprint density at radius 3 is 2.25 bits per heavy atom. The Labute approximate surface area is 163 Å². The molecule has 0 aliphatic carbocycles. The molecule has 1 heterocycles. The highest BCUT2D eigenvalue weighted by atomic mass is 16.5. The minimum Gasteiger partial charge on any atom is -0.427 e. The van der Waals surface area contributed by atoms with E-state index in [2.05, 4.69) is 0 Å². The first kappa shape index (κ1) is 17.7. The van der Waals surface area contributed by atoms with E-state index in [1.807, 2.05) is 77.5 Å². The van der Waals surface area contributed by atoms with E-state index in [-0.39, 0.29) is 11.8 Å². The lowest BCUT2D eigenvalue weighted by Crippen LogP contribution is -2.02. The van der Waals surface area contributed by atoms with E-state index in [4.69, 9.17) is 4.74 Å². The highest BCUT2D eigenvalue weighted by molar-refractivity contribution is 6.16. The first-order valence-electron chi connectivity index (χ1n) is 9.07. The second-order valence-corrected chi connectivity index (χ2v) is 6.62. The summed E-state index contributed by atoms with van der Waals surface area (Å²) in [6.07, 6.45) is 1.88. The van der Waals surface area contributed by atoms with Crippen LogP contribution in [0.3, 0.4) is 0 Å². The van der Waals surface area contributed by atoms with Crippen LogP contribution in [0.15, 0.2) is 85.1 Å². The number of carbonyl (C=O) groups is 2. The molecule has 4 aromatic rings. The van der Waals surface area contributed by atoms with E-state index in [1.54, 1.807) is 12.1 Å². The quantitative estimate of drug-likeness (QED) is 0.287. The number of aromatic nitrogens is 1. The van der Waals surface area contributed by atoms with E-state index >= 15 is 0 Å². The van der Waals surface area contributed by atoms with Crippen molar-refractivity contribution in [1.82, 2.24) is 4.57 Å². The number of hydrogen-bond acceptors (Lipinski definition) is 3. The molecule has 3 aromatic carbocycles. The van der Waals surface area contributed by atoms with E-state index in [1.165, 1.54) is 6.92 Å². The van der Waals surface area contributed by atoms with Gasteiger partial charge in [-0.15, -0.1) is 0 Å². The van der Waals surface area contributed by atoms with E-state index in [9.17, 15) is 9.59 Å². The molecular formula is C24H19NO3. The normalized spacial score (nSPS) is 10.8. The molecule has 0 unspecified atom stereocenters. The molecular weight excluding hydrogens is 350 g/mol. The molecule has 0 aliphatic heterocycles. The van der Waals surface area contributed by atoms with Gasteiger partial charge in [0.25, 0.3) is 0 Å². The first-order valence-corrected chi connectivity index (χ1v) is 9.07. The molecule has 0 spiro atoms. The molecule has 0 bridgehead atoms. The van der Waals surface area contributed by atoms with Crippen molar-refractivity contribution in [2.45, 2.75) is 13.5 Å². The number of hydrogen-bond donors (Lipinski definition) is 0. The van der Waals surface area contributed by atoms with Gasteiger partial charge in [-0.25, -0.2) is 0 Å². The third-order valence-electron chi connectivity index (χ3n) is 4.59. The molecule has 138 valence electrons. The lowest BCUT2D eigenvalue weighted by molar-refractivity contribution is -0.131. The number of carbonyl (C=O) groups excluding carboxylic acids is 2. The summed E-state index contributed by atoms with van der Waals surface area (Å²) in [6, 6.07) is 24.6. The Kier molecular flexibility index (Phi) is 4.77. The lowest BCUT2D eigenvalue weighted by Gasteiger charge is -2.07. The Morgan fingerprint density at radius 1 is 0.893 bits per heavy atom. The number of benzene rings is 3. The zero-order chi connectivity index (χ0) is 19.5. The summed E-state index contributed by atoms with van der Waals surface area (Å²) in [7, 11) is 0. The average Bonchev–Trinajstić information content (AvgIpc) is 3.06. The molecule has 0 aliphatic rings. The van der Waals surface area contributed by atoms with Crippen LogP contribution in [-0.2, 0) is 11.3 Å². The van der Waals surface area contributed by atoms with E-state index < -0.39 is 0 Å². The molecule has 0 N–H and O–H groups in total. The van der Waals surface area contributed by atoms with Gasteiger partial charge in [-0.2, -0.15) is 0 Å². The van der Waals surface area contributed by atoms with Crippen molar-refractivity contribution < 1.29 is 14.3 Å². The SMILES string of the molecule is CC(=O)Oc1ccc2c(C(=O)c3ccccc3)cn(Cc3ccccc3)c2c1. The van der Waals surface area contributed by atoms with Gasteiger partial charge in [0.1, 0.15) is 5.75 Å². The average molecular weight is 369 g/mol. The van der Waals surface area contributed by atoms with Crippen LogP contribution in [0, 0.1) is 0 Å². The van der Waals surface area contributed by atoms with E-state index in [0.717, 1.165) is 16.5 Å². The maximum absolute atomic E-state index is 13.1. The van der Waals surface area contributed by atoms with Crippen LogP contribution in [0.5, 0.6) is 5.75 Å². The molecule has 4 nitrogen and oxygen atoms in total. The fraction of sp³-hybridized carbons (Fsp3) is 0.0833. The summed E-state index contributed by atoms with van der Waals surface area (Å²) in [5, 5.41) is 0.834. The minimum absolute atomic E-state index is 0.0300. The van der Waals surface area contributed by atoms with Crippen LogP contribution < -0.4 is 4.74 Å². The topological polar surface area (TPSA) is 48.3 Å². The molecule has 1 aromatic heterocycles. The van der Waals surface area contributed by atoms with Crippen LogP contribution in [0.2, 0.25) is 0 Å². The third-order valence-corrected chi connectivity index (χ3v) is 4.59. The van der Waals surface area contributed by atoms with Gasteiger partial charge in [-0.05, 0) is 17.7 Å². The largest absolute Gasteiger partial charge is 0.427 e. The van der Waals surface area contributed by atoms with Gasteiger partial charge in [0.15, 0.2) is 5.78 Å².